The minimum Gasteiger partial charge on any atom is -0.483 e. The van der Waals surface area contributed by atoms with Gasteiger partial charge in [0.25, 0.3) is 5.91 Å². The third-order valence-corrected chi connectivity index (χ3v) is 10.5. The molecule has 0 saturated heterocycles. The van der Waals surface area contributed by atoms with Gasteiger partial charge in [-0.25, -0.2) is 0 Å². The van der Waals surface area contributed by atoms with Crippen LogP contribution in [0.1, 0.15) is 76.8 Å². The number of ether oxygens (including phenoxy) is 2. The smallest absolute Gasteiger partial charge is 0.301 e. The van der Waals surface area contributed by atoms with E-state index in [0.29, 0.717) is 18.2 Å². The summed E-state index contributed by atoms with van der Waals surface area (Å²) >= 11 is 0. The first-order chi connectivity index (χ1) is 21.6. The van der Waals surface area contributed by atoms with E-state index in [2.05, 4.69) is 34.7 Å². The highest BCUT2D eigenvalue weighted by atomic mass is 32.2. The van der Waals surface area contributed by atoms with Crippen LogP contribution >= 0.6 is 0 Å². The number of carbonyl (C=O) groups excluding carboxylic acids is 1. The molecule has 2 aromatic carbocycles. The highest BCUT2D eigenvalue weighted by Gasteiger charge is 2.28. The van der Waals surface area contributed by atoms with E-state index in [1.807, 2.05) is 52.0 Å². The predicted octanol–water partition coefficient (Wildman–Crippen LogP) is 5.52. The van der Waals surface area contributed by atoms with E-state index >= 15 is 0 Å². The number of hydrogen-bond acceptors (Lipinski definition) is 6. The zero-order valence-corrected chi connectivity index (χ0v) is 28.1. The number of nitrogens with one attached hydrogen (secondary N) is 1. The highest BCUT2D eigenvalue weighted by Crippen LogP contribution is 2.45. The minimum absolute atomic E-state index is 0.0549. The number of benzene rings is 2. The number of para-hydroxylation sites is 1. The van der Waals surface area contributed by atoms with E-state index in [1.165, 1.54) is 34.5 Å². The monoisotopic (exact) mass is 640 g/mol. The minimum atomic E-state index is -3.93. The molecule has 0 unspecified atom stereocenters. The van der Waals surface area contributed by atoms with Crippen LogP contribution in [-0.2, 0) is 38.2 Å². The number of aryl methyl sites for hydroxylation is 1. The Kier molecular flexibility index (Phi) is 10.9. The third kappa shape index (κ3) is 7.55. The number of fused-ring (bicyclic) bond motifs is 4. The summed E-state index contributed by atoms with van der Waals surface area (Å²) in [5, 5.41) is 1.17. The molecule has 2 heterocycles. The van der Waals surface area contributed by atoms with Crippen LogP contribution in [0.3, 0.4) is 0 Å². The van der Waals surface area contributed by atoms with E-state index in [4.69, 9.17) is 14.3 Å². The van der Waals surface area contributed by atoms with Crippen molar-refractivity contribution in [3.63, 3.8) is 0 Å². The number of aromatic nitrogens is 1. The Morgan fingerprint density at radius 1 is 0.911 bits per heavy atom. The summed E-state index contributed by atoms with van der Waals surface area (Å²) in [6.45, 7) is 8.50. The summed E-state index contributed by atoms with van der Waals surface area (Å²) in [4.78, 5) is 23.1. The van der Waals surface area contributed by atoms with Gasteiger partial charge in [0.15, 0.2) is 6.61 Å². The van der Waals surface area contributed by atoms with E-state index in [9.17, 15) is 13.2 Å². The van der Waals surface area contributed by atoms with E-state index in [0.717, 1.165) is 35.2 Å². The number of hydrogen-bond donors (Lipinski definition) is 1. The standard InChI is InChI=1S/C34H48N4O6S/c1-24(2)37-17-19-42-20-18-38(25(3)4)45(40,41)35-44-22-26-15-16-28-30(21-26)36(5)34(33(28)27-11-7-6-8-12-27)29-13-9-10-14-31(29)43-23-32(37)39/h9-10,13-16,21,24-25,27,35H,6-8,11-12,17-20,22-23H2,1-5H3. The fraction of sp³-hybridized carbons (Fsp3) is 0.559. The van der Waals surface area contributed by atoms with Crippen LogP contribution in [0.5, 0.6) is 5.75 Å². The first-order valence-corrected chi connectivity index (χ1v) is 17.6. The Balaban J connectivity index is 1.58. The molecule has 1 aliphatic heterocycles. The van der Waals surface area contributed by atoms with Crippen LogP contribution in [0.25, 0.3) is 22.2 Å². The molecule has 2 aliphatic rings. The molecule has 5 rings (SSSR count). The molecule has 0 atom stereocenters. The number of nitrogens with zero attached hydrogens (tertiary/aromatic N) is 3. The van der Waals surface area contributed by atoms with Crippen LogP contribution in [0.15, 0.2) is 42.5 Å². The van der Waals surface area contributed by atoms with Crippen molar-refractivity contribution in [1.29, 1.82) is 0 Å². The number of rotatable bonds is 3. The van der Waals surface area contributed by atoms with Gasteiger partial charge in [-0.1, -0.05) is 48.4 Å². The summed E-state index contributed by atoms with van der Waals surface area (Å²) in [5.74, 6) is 0.952. The van der Waals surface area contributed by atoms with Gasteiger partial charge in [0.05, 0.1) is 25.5 Å². The van der Waals surface area contributed by atoms with Crippen molar-refractivity contribution in [3.8, 4) is 17.0 Å². The summed E-state index contributed by atoms with van der Waals surface area (Å²) in [6, 6.07) is 13.8. The highest BCUT2D eigenvalue weighted by molar-refractivity contribution is 7.87. The third-order valence-electron chi connectivity index (χ3n) is 8.97. The van der Waals surface area contributed by atoms with Crippen molar-refractivity contribution in [2.45, 2.75) is 84.4 Å². The van der Waals surface area contributed by atoms with Crippen LogP contribution in [-0.4, -0.2) is 73.1 Å². The Labute approximate surface area is 267 Å². The second-order valence-electron chi connectivity index (χ2n) is 12.7. The normalized spacial score (nSPS) is 20.1. The van der Waals surface area contributed by atoms with Gasteiger partial charge in [-0.15, -0.1) is 0 Å². The van der Waals surface area contributed by atoms with Crippen molar-refractivity contribution in [2.75, 3.05) is 32.9 Å². The molecule has 3 bridgehead atoms. The van der Waals surface area contributed by atoms with Gasteiger partial charge in [0.2, 0.25) is 0 Å². The van der Waals surface area contributed by atoms with Crippen LogP contribution in [0.4, 0.5) is 0 Å². The average Bonchev–Trinajstić information content (AvgIpc) is 3.30. The Hall–Kier alpha value is -2.96. The van der Waals surface area contributed by atoms with Gasteiger partial charge >= 0.3 is 10.2 Å². The van der Waals surface area contributed by atoms with Crippen LogP contribution in [0.2, 0.25) is 0 Å². The quantitative estimate of drug-likeness (QED) is 0.405. The molecule has 0 radical (unpaired) electrons. The zero-order valence-electron chi connectivity index (χ0n) is 27.3. The Bertz CT molecular complexity index is 1580. The molecule has 1 N–H and O–H groups in total. The molecular weight excluding hydrogens is 592 g/mol. The first kappa shape index (κ1) is 33.4. The lowest BCUT2D eigenvalue weighted by molar-refractivity contribution is -0.135. The SMILES string of the molecule is CC(C)N1CCOCCN(C(C)C)S(=O)(=O)NOCc2ccc3c(C4CCCCC4)c(n(C)c3c2)-c2ccccc2OCC1=O. The Morgan fingerprint density at radius 3 is 2.38 bits per heavy atom. The van der Waals surface area contributed by atoms with E-state index < -0.39 is 10.2 Å². The molecule has 1 fully saturated rings. The summed E-state index contributed by atoms with van der Waals surface area (Å²) in [6.07, 6.45) is 5.89. The zero-order chi connectivity index (χ0) is 32.1. The molecule has 246 valence electrons. The van der Waals surface area contributed by atoms with E-state index in [-0.39, 0.29) is 51.0 Å². The molecule has 1 aromatic heterocycles. The maximum absolute atomic E-state index is 13.4. The average molecular weight is 641 g/mol. The van der Waals surface area contributed by atoms with Crippen LogP contribution in [0, 0.1) is 0 Å². The Morgan fingerprint density at radius 2 is 1.64 bits per heavy atom. The molecule has 11 heteroatoms. The molecule has 1 aliphatic carbocycles. The maximum atomic E-state index is 13.4. The van der Waals surface area contributed by atoms with Gasteiger partial charge in [-0.2, -0.15) is 12.7 Å². The number of carbonyl (C=O) groups is 1. The lowest BCUT2D eigenvalue weighted by Crippen LogP contribution is -2.46. The van der Waals surface area contributed by atoms with E-state index in [1.54, 1.807) is 4.90 Å². The van der Waals surface area contributed by atoms with Crippen molar-refractivity contribution in [2.24, 2.45) is 7.05 Å². The van der Waals surface area contributed by atoms with Gasteiger partial charge in [0, 0.05) is 48.7 Å². The van der Waals surface area contributed by atoms with Gasteiger partial charge in [-0.05, 0) is 75.8 Å². The number of amides is 1. The summed E-state index contributed by atoms with van der Waals surface area (Å²) < 4.78 is 42.0. The fourth-order valence-electron chi connectivity index (χ4n) is 6.72. The lowest BCUT2D eigenvalue weighted by atomic mass is 9.81. The molecule has 0 spiro atoms. The fourth-order valence-corrected chi connectivity index (χ4v) is 7.90. The molecular formula is C34H48N4O6S. The largest absolute Gasteiger partial charge is 0.483 e. The van der Waals surface area contributed by atoms with Gasteiger partial charge in [-0.3, -0.25) is 9.63 Å². The summed E-state index contributed by atoms with van der Waals surface area (Å²) in [7, 11) is -1.86. The predicted molar refractivity (Wildman–Crippen MR) is 176 cm³/mol. The molecule has 3 aromatic rings. The first-order valence-electron chi connectivity index (χ1n) is 16.2. The van der Waals surface area contributed by atoms with Crippen LogP contribution < -0.4 is 9.62 Å². The molecule has 1 saturated carbocycles. The second-order valence-corrected chi connectivity index (χ2v) is 14.3. The summed E-state index contributed by atoms with van der Waals surface area (Å²) in [5.41, 5.74) is 5.24. The molecule has 10 nitrogen and oxygen atoms in total. The van der Waals surface area contributed by atoms with Crippen molar-refractivity contribution in [1.82, 2.24) is 18.7 Å². The molecule has 45 heavy (non-hydrogen) atoms. The molecule has 1 amide bonds. The maximum Gasteiger partial charge on any atom is 0.301 e. The van der Waals surface area contributed by atoms with Crippen molar-refractivity contribution < 1.29 is 27.5 Å². The lowest BCUT2D eigenvalue weighted by Gasteiger charge is -2.28. The second kappa shape index (κ2) is 14.6. The van der Waals surface area contributed by atoms with Gasteiger partial charge in [0.1, 0.15) is 5.75 Å². The van der Waals surface area contributed by atoms with Gasteiger partial charge < -0.3 is 18.9 Å². The van der Waals surface area contributed by atoms with Crippen molar-refractivity contribution in [3.05, 3.63) is 53.6 Å². The van der Waals surface area contributed by atoms with Crippen molar-refractivity contribution >= 4 is 27.0 Å². The topological polar surface area (TPSA) is 102 Å².